The van der Waals surface area contributed by atoms with Crippen LogP contribution in [0.3, 0.4) is 0 Å². The van der Waals surface area contributed by atoms with E-state index in [1.807, 2.05) is 0 Å². The third-order valence-corrected chi connectivity index (χ3v) is 2.68. The first-order chi connectivity index (χ1) is 4.18. The topological polar surface area (TPSA) is 43.1 Å². The van der Waals surface area contributed by atoms with Gasteiger partial charge in [0.2, 0.25) is 0 Å². The molecule has 1 aliphatic rings. The summed E-state index contributed by atoms with van der Waals surface area (Å²) in [6, 6.07) is 0.401. The van der Waals surface area contributed by atoms with Crippen molar-refractivity contribution < 1.29 is 4.21 Å². The molecule has 0 bridgehead atoms. The molecule has 1 rings (SSSR count). The van der Waals surface area contributed by atoms with Gasteiger partial charge in [-0.25, -0.2) is 0 Å². The highest BCUT2D eigenvalue weighted by Gasteiger charge is 2.26. The zero-order valence-corrected chi connectivity index (χ0v) is 6.49. The molecule has 1 fully saturated rings. The first-order valence-corrected chi connectivity index (χ1v) is 4.97. The van der Waals surface area contributed by atoms with Gasteiger partial charge in [-0.1, -0.05) is 0 Å². The molecule has 0 aromatic heterocycles. The van der Waals surface area contributed by atoms with Crippen LogP contribution in [-0.2, 0) is 10.8 Å². The van der Waals surface area contributed by atoms with E-state index in [2.05, 4.69) is 0 Å². The van der Waals surface area contributed by atoms with Crippen molar-refractivity contribution in [3.63, 3.8) is 0 Å². The van der Waals surface area contributed by atoms with Crippen molar-refractivity contribution in [1.82, 2.24) is 0 Å². The van der Waals surface area contributed by atoms with Crippen LogP contribution in [0.25, 0.3) is 0 Å². The highest BCUT2D eigenvalue weighted by atomic mass is 32.2. The molecule has 0 radical (unpaired) electrons. The largest absolute Gasteiger partial charge is 0.328 e. The van der Waals surface area contributed by atoms with E-state index in [4.69, 9.17) is 5.73 Å². The number of hydrogen-bond donors (Lipinski definition) is 1. The molecule has 1 saturated carbocycles. The molecule has 0 heterocycles. The second-order valence-electron chi connectivity index (χ2n) is 2.84. The predicted molar refractivity (Wildman–Crippen MR) is 39.6 cm³/mol. The molecule has 0 spiro atoms. The summed E-state index contributed by atoms with van der Waals surface area (Å²) in [6.45, 7) is 0. The van der Waals surface area contributed by atoms with Crippen molar-refractivity contribution >= 4 is 10.8 Å². The maximum atomic E-state index is 10.6. The van der Waals surface area contributed by atoms with Crippen LogP contribution in [0.1, 0.15) is 12.8 Å². The molecule has 0 aromatic rings. The maximum Gasteiger partial charge on any atom is 0.0261 e. The molecule has 1 unspecified atom stereocenters. The van der Waals surface area contributed by atoms with Crippen LogP contribution in [-0.4, -0.2) is 22.3 Å². The van der Waals surface area contributed by atoms with E-state index in [0.29, 0.717) is 12.0 Å². The summed E-state index contributed by atoms with van der Waals surface area (Å²) in [4.78, 5) is 0. The summed E-state index contributed by atoms with van der Waals surface area (Å²) >= 11 is 0. The Morgan fingerprint density at radius 1 is 1.67 bits per heavy atom. The van der Waals surface area contributed by atoms with Gasteiger partial charge in [-0.05, 0) is 18.8 Å². The summed E-state index contributed by atoms with van der Waals surface area (Å²) in [5.74, 6) is 1.51. The fourth-order valence-corrected chi connectivity index (χ4v) is 2.19. The quantitative estimate of drug-likeness (QED) is 0.602. The van der Waals surface area contributed by atoms with Crippen molar-refractivity contribution in [2.75, 3.05) is 12.0 Å². The van der Waals surface area contributed by atoms with Gasteiger partial charge >= 0.3 is 0 Å². The molecular formula is C6H13NOS. The van der Waals surface area contributed by atoms with Crippen LogP contribution in [0.15, 0.2) is 0 Å². The van der Waals surface area contributed by atoms with Crippen LogP contribution < -0.4 is 5.73 Å². The fraction of sp³-hybridized carbons (Fsp3) is 1.00. The zero-order valence-electron chi connectivity index (χ0n) is 5.67. The minimum atomic E-state index is -0.615. The average Bonchev–Trinajstić information content (AvgIpc) is 1.60. The minimum Gasteiger partial charge on any atom is -0.328 e. The Morgan fingerprint density at radius 3 is 2.56 bits per heavy atom. The first kappa shape index (κ1) is 7.22. The third-order valence-electron chi connectivity index (χ3n) is 1.74. The molecular weight excluding hydrogens is 134 g/mol. The lowest BCUT2D eigenvalue weighted by Gasteiger charge is -2.31. The first-order valence-electron chi connectivity index (χ1n) is 3.24. The number of hydrogen-bond acceptors (Lipinski definition) is 2. The van der Waals surface area contributed by atoms with Crippen molar-refractivity contribution in [1.29, 1.82) is 0 Å². The van der Waals surface area contributed by atoms with Crippen LogP contribution in [0, 0.1) is 5.92 Å². The molecule has 1 atom stereocenters. The van der Waals surface area contributed by atoms with Crippen LogP contribution in [0.2, 0.25) is 0 Å². The van der Waals surface area contributed by atoms with Crippen molar-refractivity contribution in [3.05, 3.63) is 0 Å². The van der Waals surface area contributed by atoms with Crippen LogP contribution in [0.4, 0.5) is 0 Å². The predicted octanol–water partition coefficient (Wildman–Crippen LogP) is 0.102. The van der Waals surface area contributed by atoms with Gasteiger partial charge in [0.15, 0.2) is 0 Å². The Labute approximate surface area is 58.3 Å². The fourth-order valence-electron chi connectivity index (χ4n) is 1.26. The lowest BCUT2D eigenvalue weighted by atomic mass is 9.82. The Hall–Kier alpha value is 0.110. The molecule has 2 nitrogen and oxygen atoms in total. The minimum absolute atomic E-state index is 0.401. The molecule has 0 aromatic carbocycles. The van der Waals surface area contributed by atoms with E-state index >= 15 is 0 Å². The van der Waals surface area contributed by atoms with E-state index in [0.717, 1.165) is 18.6 Å². The van der Waals surface area contributed by atoms with E-state index in [9.17, 15) is 4.21 Å². The Bertz CT molecular complexity index is 120. The third kappa shape index (κ3) is 2.06. The van der Waals surface area contributed by atoms with Gasteiger partial charge in [0.25, 0.3) is 0 Å². The van der Waals surface area contributed by atoms with Crippen molar-refractivity contribution in [3.8, 4) is 0 Å². The smallest absolute Gasteiger partial charge is 0.0261 e. The van der Waals surface area contributed by atoms with E-state index in [1.165, 1.54) is 0 Å². The summed E-state index contributed by atoms with van der Waals surface area (Å²) in [7, 11) is -0.615. The van der Waals surface area contributed by atoms with Crippen LogP contribution in [0.5, 0.6) is 0 Å². The summed E-state index contributed by atoms with van der Waals surface area (Å²) < 4.78 is 10.6. The van der Waals surface area contributed by atoms with Gasteiger partial charge in [-0.3, -0.25) is 4.21 Å². The second kappa shape index (κ2) is 2.80. The molecule has 54 valence electrons. The summed E-state index contributed by atoms with van der Waals surface area (Å²) in [6.07, 6.45) is 3.92. The lowest BCUT2D eigenvalue weighted by molar-refractivity contribution is 0.294. The van der Waals surface area contributed by atoms with Gasteiger partial charge < -0.3 is 5.73 Å². The summed E-state index contributed by atoms with van der Waals surface area (Å²) in [5, 5.41) is 0. The molecule has 3 heteroatoms. The van der Waals surface area contributed by atoms with Crippen molar-refractivity contribution in [2.24, 2.45) is 11.7 Å². The van der Waals surface area contributed by atoms with Gasteiger partial charge in [0.1, 0.15) is 0 Å². The maximum absolute atomic E-state index is 10.6. The van der Waals surface area contributed by atoms with Crippen LogP contribution >= 0.6 is 0 Å². The lowest BCUT2D eigenvalue weighted by Crippen LogP contribution is -2.38. The van der Waals surface area contributed by atoms with Gasteiger partial charge in [0.05, 0.1) is 0 Å². The summed E-state index contributed by atoms with van der Waals surface area (Å²) in [5.41, 5.74) is 5.55. The Morgan fingerprint density at radius 2 is 2.22 bits per heavy atom. The average molecular weight is 147 g/mol. The highest BCUT2D eigenvalue weighted by Crippen LogP contribution is 2.25. The molecule has 0 amide bonds. The van der Waals surface area contributed by atoms with E-state index in [-0.39, 0.29) is 0 Å². The standard InChI is InChI=1S/C6H13NOS/c1-9(8)4-5-2-6(7)3-5/h5-6H,2-4,7H2,1H3. The zero-order chi connectivity index (χ0) is 6.85. The van der Waals surface area contributed by atoms with E-state index in [1.54, 1.807) is 6.26 Å². The number of rotatable bonds is 2. The number of nitrogens with two attached hydrogens (primary N) is 1. The van der Waals surface area contributed by atoms with Gasteiger partial charge in [0, 0.05) is 28.9 Å². The second-order valence-corrected chi connectivity index (χ2v) is 4.32. The molecule has 0 saturated heterocycles. The van der Waals surface area contributed by atoms with E-state index < -0.39 is 10.8 Å². The SMILES string of the molecule is CS(=O)CC1CC(N)C1. The van der Waals surface area contributed by atoms with Gasteiger partial charge in [-0.15, -0.1) is 0 Å². The normalized spacial score (nSPS) is 37.6. The molecule has 1 aliphatic carbocycles. The molecule has 9 heavy (non-hydrogen) atoms. The Balaban J connectivity index is 2.11. The molecule has 2 N–H and O–H groups in total. The molecule has 0 aliphatic heterocycles. The van der Waals surface area contributed by atoms with Crippen molar-refractivity contribution in [2.45, 2.75) is 18.9 Å². The van der Waals surface area contributed by atoms with Gasteiger partial charge in [-0.2, -0.15) is 0 Å². The highest BCUT2D eigenvalue weighted by molar-refractivity contribution is 7.84. The Kier molecular flexibility index (Phi) is 2.24. The monoisotopic (exact) mass is 147 g/mol.